The van der Waals surface area contributed by atoms with E-state index in [-0.39, 0.29) is 5.54 Å². The highest BCUT2D eigenvalue weighted by atomic mass is 15.0. The summed E-state index contributed by atoms with van der Waals surface area (Å²) in [5.41, 5.74) is 1.13. The number of nitrogens with zero attached hydrogens (tertiary/aromatic N) is 2. The second kappa shape index (κ2) is 2.52. The summed E-state index contributed by atoms with van der Waals surface area (Å²) < 4.78 is 0. The van der Waals surface area contributed by atoms with Gasteiger partial charge in [-0.1, -0.05) is 6.92 Å². The SMILES string of the molecule is CCC1(C)CN=C(C)C=N1. The third-order valence-electron chi connectivity index (χ3n) is 1.99. The van der Waals surface area contributed by atoms with Crippen molar-refractivity contribution in [3.8, 4) is 0 Å². The summed E-state index contributed by atoms with van der Waals surface area (Å²) in [5, 5.41) is 0. The Morgan fingerprint density at radius 2 is 2.40 bits per heavy atom. The monoisotopic (exact) mass is 138 g/mol. The first-order chi connectivity index (χ1) is 4.66. The molecule has 0 fully saturated rings. The molecule has 0 N–H and O–H groups in total. The van der Waals surface area contributed by atoms with E-state index < -0.39 is 0 Å². The van der Waals surface area contributed by atoms with Crippen LogP contribution in [0.4, 0.5) is 0 Å². The minimum atomic E-state index is 0.0828. The van der Waals surface area contributed by atoms with Crippen molar-refractivity contribution in [3.05, 3.63) is 0 Å². The zero-order valence-electron chi connectivity index (χ0n) is 6.89. The van der Waals surface area contributed by atoms with Crippen LogP contribution in [0.5, 0.6) is 0 Å². The van der Waals surface area contributed by atoms with Crippen LogP contribution in [0.25, 0.3) is 0 Å². The Kier molecular flexibility index (Phi) is 1.88. The maximum absolute atomic E-state index is 4.41. The number of hydrogen-bond donors (Lipinski definition) is 0. The zero-order chi connectivity index (χ0) is 7.61. The molecular weight excluding hydrogens is 124 g/mol. The van der Waals surface area contributed by atoms with Gasteiger partial charge in [0.2, 0.25) is 0 Å². The van der Waals surface area contributed by atoms with Crippen molar-refractivity contribution in [1.82, 2.24) is 0 Å². The number of aliphatic imine (C=N–C) groups is 2. The Balaban J connectivity index is 2.67. The molecule has 56 valence electrons. The van der Waals surface area contributed by atoms with Crippen LogP contribution in [0.1, 0.15) is 27.2 Å². The first kappa shape index (κ1) is 7.45. The van der Waals surface area contributed by atoms with E-state index in [0.717, 1.165) is 18.7 Å². The molecule has 1 unspecified atom stereocenters. The molecule has 1 heterocycles. The maximum atomic E-state index is 4.41. The molecular formula is C8H14N2. The first-order valence-corrected chi connectivity index (χ1v) is 3.72. The quantitative estimate of drug-likeness (QED) is 0.527. The summed E-state index contributed by atoms with van der Waals surface area (Å²) in [6.45, 7) is 7.12. The summed E-state index contributed by atoms with van der Waals surface area (Å²) in [6.07, 6.45) is 2.94. The van der Waals surface area contributed by atoms with Gasteiger partial charge in [0.15, 0.2) is 0 Å². The maximum Gasteiger partial charge on any atom is 0.0772 e. The lowest BCUT2D eigenvalue weighted by atomic mass is 9.99. The van der Waals surface area contributed by atoms with Crippen molar-refractivity contribution >= 4 is 11.9 Å². The lowest BCUT2D eigenvalue weighted by Gasteiger charge is -2.23. The molecule has 2 nitrogen and oxygen atoms in total. The summed E-state index contributed by atoms with van der Waals surface area (Å²) in [5.74, 6) is 0. The smallest absolute Gasteiger partial charge is 0.0772 e. The van der Waals surface area contributed by atoms with Gasteiger partial charge in [0.25, 0.3) is 0 Å². The van der Waals surface area contributed by atoms with Crippen molar-refractivity contribution in [2.45, 2.75) is 32.7 Å². The minimum absolute atomic E-state index is 0.0828. The van der Waals surface area contributed by atoms with Gasteiger partial charge in [0, 0.05) is 11.9 Å². The first-order valence-electron chi connectivity index (χ1n) is 3.72. The van der Waals surface area contributed by atoms with Crippen LogP contribution < -0.4 is 0 Å². The van der Waals surface area contributed by atoms with Gasteiger partial charge < -0.3 is 0 Å². The molecule has 0 aromatic heterocycles. The highest BCUT2D eigenvalue weighted by Gasteiger charge is 2.21. The highest BCUT2D eigenvalue weighted by molar-refractivity contribution is 6.29. The van der Waals surface area contributed by atoms with Gasteiger partial charge >= 0.3 is 0 Å². The topological polar surface area (TPSA) is 24.7 Å². The molecule has 2 heteroatoms. The molecule has 0 aliphatic carbocycles. The van der Waals surface area contributed by atoms with E-state index in [9.17, 15) is 0 Å². The average molecular weight is 138 g/mol. The number of rotatable bonds is 1. The van der Waals surface area contributed by atoms with Gasteiger partial charge in [0.1, 0.15) is 0 Å². The Morgan fingerprint density at radius 3 is 2.80 bits per heavy atom. The van der Waals surface area contributed by atoms with E-state index in [1.165, 1.54) is 0 Å². The van der Waals surface area contributed by atoms with Crippen LogP contribution >= 0.6 is 0 Å². The van der Waals surface area contributed by atoms with Crippen LogP contribution in [0.15, 0.2) is 9.98 Å². The Bertz CT molecular complexity index is 182. The molecule has 0 saturated heterocycles. The fourth-order valence-electron chi connectivity index (χ4n) is 0.829. The van der Waals surface area contributed by atoms with Gasteiger partial charge in [-0.05, 0) is 20.3 Å². The highest BCUT2D eigenvalue weighted by Crippen LogP contribution is 2.17. The van der Waals surface area contributed by atoms with Gasteiger partial charge in [-0.2, -0.15) is 0 Å². The molecule has 1 aliphatic heterocycles. The standard InChI is InChI=1S/C8H14N2/c1-4-8(3)6-9-7(2)5-10-8/h5H,4,6H2,1-3H3. The second-order valence-electron chi connectivity index (χ2n) is 3.07. The van der Waals surface area contributed by atoms with E-state index in [0.29, 0.717) is 0 Å². The number of hydrogen-bond acceptors (Lipinski definition) is 2. The van der Waals surface area contributed by atoms with Crippen molar-refractivity contribution in [1.29, 1.82) is 0 Å². The summed E-state index contributed by atoms with van der Waals surface area (Å²) in [6, 6.07) is 0. The van der Waals surface area contributed by atoms with Crippen LogP contribution in [0, 0.1) is 0 Å². The fourth-order valence-corrected chi connectivity index (χ4v) is 0.829. The molecule has 0 aromatic rings. The molecule has 0 bridgehead atoms. The van der Waals surface area contributed by atoms with Crippen molar-refractivity contribution in [3.63, 3.8) is 0 Å². The molecule has 0 saturated carbocycles. The Labute approximate surface area is 62.1 Å². The van der Waals surface area contributed by atoms with Gasteiger partial charge in [0.05, 0.1) is 12.1 Å². The minimum Gasteiger partial charge on any atom is -0.286 e. The lowest BCUT2D eigenvalue weighted by molar-refractivity contribution is 0.468. The third kappa shape index (κ3) is 1.43. The Morgan fingerprint density at radius 1 is 1.70 bits per heavy atom. The van der Waals surface area contributed by atoms with Crippen LogP contribution in [0.3, 0.4) is 0 Å². The predicted octanol–water partition coefficient (Wildman–Crippen LogP) is 1.70. The summed E-state index contributed by atoms with van der Waals surface area (Å²) in [7, 11) is 0. The molecule has 0 spiro atoms. The summed E-state index contributed by atoms with van der Waals surface area (Å²) in [4.78, 5) is 8.73. The molecule has 0 radical (unpaired) electrons. The van der Waals surface area contributed by atoms with Gasteiger partial charge in [-0.25, -0.2) is 0 Å². The molecule has 1 rings (SSSR count). The second-order valence-corrected chi connectivity index (χ2v) is 3.07. The average Bonchev–Trinajstić information content (AvgIpc) is 1.96. The van der Waals surface area contributed by atoms with E-state index in [1.54, 1.807) is 0 Å². The predicted molar refractivity (Wildman–Crippen MR) is 45.2 cm³/mol. The van der Waals surface area contributed by atoms with E-state index in [4.69, 9.17) is 0 Å². The largest absolute Gasteiger partial charge is 0.286 e. The third-order valence-corrected chi connectivity index (χ3v) is 1.99. The molecule has 0 aromatic carbocycles. The van der Waals surface area contributed by atoms with E-state index in [2.05, 4.69) is 23.8 Å². The van der Waals surface area contributed by atoms with E-state index >= 15 is 0 Å². The van der Waals surface area contributed by atoms with Crippen molar-refractivity contribution < 1.29 is 0 Å². The van der Waals surface area contributed by atoms with Gasteiger partial charge in [-0.3, -0.25) is 9.98 Å². The zero-order valence-corrected chi connectivity index (χ0v) is 6.89. The molecule has 1 atom stereocenters. The molecule has 0 amide bonds. The molecule has 1 aliphatic rings. The lowest BCUT2D eigenvalue weighted by Crippen LogP contribution is -2.29. The Hall–Kier alpha value is -0.660. The van der Waals surface area contributed by atoms with Crippen LogP contribution in [0.2, 0.25) is 0 Å². The normalized spacial score (nSPS) is 32.1. The van der Waals surface area contributed by atoms with Crippen LogP contribution in [-0.4, -0.2) is 24.0 Å². The molecule has 10 heavy (non-hydrogen) atoms. The summed E-state index contributed by atoms with van der Waals surface area (Å²) >= 11 is 0. The van der Waals surface area contributed by atoms with Gasteiger partial charge in [-0.15, -0.1) is 0 Å². The fraction of sp³-hybridized carbons (Fsp3) is 0.750. The van der Waals surface area contributed by atoms with Crippen LogP contribution in [-0.2, 0) is 0 Å². The van der Waals surface area contributed by atoms with Crippen molar-refractivity contribution in [2.75, 3.05) is 6.54 Å². The van der Waals surface area contributed by atoms with E-state index in [1.807, 2.05) is 13.1 Å². The van der Waals surface area contributed by atoms with Crippen molar-refractivity contribution in [2.24, 2.45) is 9.98 Å².